The maximum absolute atomic E-state index is 5.75. The molecule has 0 aliphatic rings. The highest BCUT2D eigenvalue weighted by Gasteiger charge is 1.96. The zero-order valence-electron chi connectivity index (χ0n) is 9.60. The van der Waals surface area contributed by atoms with Crippen molar-refractivity contribution in [3.8, 4) is 0 Å². The first-order chi connectivity index (χ1) is 7.65. The lowest BCUT2D eigenvalue weighted by Gasteiger charge is -1.97. The van der Waals surface area contributed by atoms with Gasteiger partial charge in [0.1, 0.15) is 0 Å². The molecule has 0 N–H and O–H groups in total. The van der Waals surface area contributed by atoms with E-state index in [1.807, 2.05) is 18.4 Å². The van der Waals surface area contributed by atoms with Crippen LogP contribution in [0.3, 0.4) is 0 Å². The van der Waals surface area contributed by atoms with Crippen LogP contribution in [-0.4, -0.2) is 12.1 Å². The van der Waals surface area contributed by atoms with Crippen molar-refractivity contribution in [3.05, 3.63) is 28.2 Å². The molecule has 0 aliphatic heterocycles. The Bertz CT molecular complexity index is 286. The van der Waals surface area contributed by atoms with Gasteiger partial charge >= 0.3 is 0 Å². The second-order valence-electron chi connectivity index (χ2n) is 3.18. The molecule has 16 heavy (non-hydrogen) atoms. The predicted molar refractivity (Wildman–Crippen MR) is 78.5 cm³/mol. The third-order valence-electron chi connectivity index (χ3n) is 1.86. The van der Waals surface area contributed by atoms with Gasteiger partial charge in [-0.05, 0) is 30.9 Å². The Kier molecular flexibility index (Phi) is 10.9. The third-order valence-corrected chi connectivity index (χ3v) is 3.60. The molecule has 0 atom stereocenters. The normalized spacial score (nSPS) is 9.56. The number of benzene rings is 1. The van der Waals surface area contributed by atoms with Crippen LogP contribution >= 0.6 is 46.6 Å². The van der Waals surface area contributed by atoms with Gasteiger partial charge in [0.2, 0.25) is 0 Å². The highest BCUT2D eigenvalue weighted by atomic mass is 35.5. The van der Waals surface area contributed by atoms with Gasteiger partial charge in [0.05, 0.1) is 10.0 Å². The second-order valence-corrected chi connectivity index (χ2v) is 5.25. The summed E-state index contributed by atoms with van der Waals surface area (Å²) in [5.41, 5.74) is 0. The molecule has 0 saturated heterocycles. The van der Waals surface area contributed by atoms with E-state index in [0.29, 0.717) is 10.0 Å². The molecule has 0 aliphatic carbocycles. The van der Waals surface area contributed by atoms with E-state index in [-0.39, 0.29) is 0 Å². The first-order valence-corrected chi connectivity index (χ1v) is 7.72. The summed E-state index contributed by atoms with van der Waals surface area (Å²) < 4.78 is 0. The number of rotatable bonds is 4. The molecule has 0 fully saturated rings. The number of unbranched alkanes of at least 4 members (excludes halogenated alkanes) is 2. The summed E-state index contributed by atoms with van der Waals surface area (Å²) in [4.78, 5) is 1.13. The quantitative estimate of drug-likeness (QED) is 0.366. The molecule has 0 amide bonds. The lowest BCUT2D eigenvalue weighted by molar-refractivity contribution is 0.776. The summed E-state index contributed by atoms with van der Waals surface area (Å²) in [5, 5.41) is 1.23. The fraction of sp³-hybridized carbons (Fsp3) is 0.500. The summed E-state index contributed by atoms with van der Waals surface area (Å²) in [6, 6.07) is 5.60. The van der Waals surface area contributed by atoms with Crippen LogP contribution in [0.1, 0.15) is 26.2 Å². The number of hydrogen-bond donors (Lipinski definition) is 0. The molecule has 1 rings (SSSR count). The van der Waals surface area contributed by atoms with Gasteiger partial charge in [0.15, 0.2) is 0 Å². The molecule has 1 aromatic rings. The van der Waals surface area contributed by atoms with Gasteiger partial charge < -0.3 is 0 Å². The minimum absolute atomic E-state index is 0.611. The van der Waals surface area contributed by atoms with Gasteiger partial charge in [-0.15, -0.1) is 23.4 Å². The average Bonchev–Trinajstić information content (AvgIpc) is 2.31. The van der Waals surface area contributed by atoms with Crippen molar-refractivity contribution in [1.29, 1.82) is 0 Å². The van der Waals surface area contributed by atoms with E-state index in [0.717, 1.165) is 10.8 Å². The number of halogens is 3. The van der Waals surface area contributed by atoms with Crippen molar-refractivity contribution in [2.24, 2.45) is 0 Å². The Morgan fingerprint density at radius 1 is 1.12 bits per heavy atom. The maximum Gasteiger partial charge on any atom is 0.0603 e. The molecule has 1 aromatic carbocycles. The van der Waals surface area contributed by atoms with Gasteiger partial charge in [0, 0.05) is 10.8 Å². The summed E-state index contributed by atoms with van der Waals surface area (Å²) in [6.07, 6.45) is 5.73. The van der Waals surface area contributed by atoms with Crippen LogP contribution in [0.2, 0.25) is 10.0 Å². The minimum atomic E-state index is 0.611. The standard InChI is InChI=1S/C7H6Cl2S.C5H11Cl/c1-10-5-2-3-6(8)7(9)4-5;1-2-3-4-5-6/h2-4H,1H3;2-5H2,1H3. The fourth-order valence-corrected chi connectivity index (χ4v) is 1.94. The Labute approximate surface area is 118 Å². The van der Waals surface area contributed by atoms with E-state index in [1.165, 1.54) is 19.3 Å². The molecule has 0 bridgehead atoms. The lowest BCUT2D eigenvalue weighted by atomic mass is 10.3. The van der Waals surface area contributed by atoms with Crippen LogP contribution < -0.4 is 0 Å². The fourth-order valence-electron chi connectivity index (χ4n) is 0.948. The van der Waals surface area contributed by atoms with Crippen molar-refractivity contribution in [3.63, 3.8) is 0 Å². The van der Waals surface area contributed by atoms with Crippen molar-refractivity contribution in [2.45, 2.75) is 31.1 Å². The molecule has 0 spiro atoms. The summed E-state index contributed by atoms with van der Waals surface area (Å²) in [5.74, 6) is 0.827. The molecule has 0 saturated carbocycles. The first-order valence-electron chi connectivity index (χ1n) is 5.20. The molecule has 4 heteroatoms. The van der Waals surface area contributed by atoms with Crippen molar-refractivity contribution in [2.75, 3.05) is 12.1 Å². The van der Waals surface area contributed by atoms with Gasteiger partial charge in [0.25, 0.3) is 0 Å². The Balaban J connectivity index is 0.000000325. The smallest absolute Gasteiger partial charge is 0.0603 e. The van der Waals surface area contributed by atoms with E-state index >= 15 is 0 Å². The van der Waals surface area contributed by atoms with Crippen LogP contribution in [0.5, 0.6) is 0 Å². The number of hydrogen-bond acceptors (Lipinski definition) is 1. The molecule has 0 nitrogen and oxygen atoms in total. The molecule has 0 radical (unpaired) electrons. The zero-order chi connectivity index (χ0) is 12.4. The number of thioether (sulfide) groups is 1. The molecular weight excluding hydrogens is 283 g/mol. The maximum atomic E-state index is 5.75. The molecule has 0 unspecified atom stereocenters. The molecule has 0 heterocycles. The van der Waals surface area contributed by atoms with Gasteiger partial charge in [-0.3, -0.25) is 0 Å². The average molecular weight is 300 g/mol. The molecular formula is C12H17Cl3S. The van der Waals surface area contributed by atoms with E-state index in [2.05, 4.69) is 6.92 Å². The van der Waals surface area contributed by atoms with Crippen molar-refractivity contribution < 1.29 is 0 Å². The van der Waals surface area contributed by atoms with E-state index < -0.39 is 0 Å². The topological polar surface area (TPSA) is 0 Å². The summed E-state index contributed by atoms with van der Waals surface area (Å²) in [6.45, 7) is 2.17. The van der Waals surface area contributed by atoms with Crippen LogP contribution in [0.4, 0.5) is 0 Å². The predicted octanol–water partition coefficient (Wildman–Crippen LogP) is 6.13. The Morgan fingerprint density at radius 2 is 1.81 bits per heavy atom. The highest BCUT2D eigenvalue weighted by Crippen LogP contribution is 2.26. The Morgan fingerprint density at radius 3 is 2.19 bits per heavy atom. The van der Waals surface area contributed by atoms with Crippen LogP contribution in [0.25, 0.3) is 0 Å². The van der Waals surface area contributed by atoms with Crippen LogP contribution in [0.15, 0.2) is 23.1 Å². The highest BCUT2D eigenvalue weighted by molar-refractivity contribution is 7.98. The summed E-state index contributed by atoms with van der Waals surface area (Å²) in [7, 11) is 0. The SMILES string of the molecule is CCCCCCl.CSc1ccc(Cl)c(Cl)c1. The zero-order valence-corrected chi connectivity index (χ0v) is 12.7. The Hall–Kier alpha value is 0.440. The van der Waals surface area contributed by atoms with Gasteiger partial charge in [-0.1, -0.05) is 43.0 Å². The molecule has 0 aromatic heterocycles. The summed E-state index contributed by atoms with van der Waals surface area (Å²) >= 11 is 18.5. The largest absolute Gasteiger partial charge is 0.130 e. The van der Waals surface area contributed by atoms with Crippen molar-refractivity contribution >= 4 is 46.6 Å². The monoisotopic (exact) mass is 298 g/mol. The van der Waals surface area contributed by atoms with E-state index in [1.54, 1.807) is 17.8 Å². The second kappa shape index (κ2) is 10.6. The lowest BCUT2D eigenvalue weighted by Crippen LogP contribution is -1.70. The number of alkyl halides is 1. The third kappa shape index (κ3) is 7.67. The van der Waals surface area contributed by atoms with Crippen LogP contribution in [-0.2, 0) is 0 Å². The van der Waals surface area contributed by atoms with E-state index in [9.17, 15) is 0 Å². The van der Waals surface area contributed by atoms with Gasteiger partial charge in [-0.2, -0.15) is 0 Å². The van der Waals surface area contributed by atoms with Crippen molar-refractivity contribution in [1.82, 2.24) is 0 Å². The van der Waals surface area contributed by atoms with Gasteiger partial charge in [-0.25, -0.2) is 0 Å². The minimum Gasteiger partial charge on any atom is -0.130 e. The van der Waals surface area contributed by atoms with Crippen LogP contribution in [0, 0.1) is 0 Å². The molecule has 92 valence electrons. The first kappa shape index (κ1) is 16.4. The van der Waals surface area contributed by atoms with E-state index in [4.69, 9.17) is 34.8 Å².